The number of likely N-dealkylation sites (tertiary alicyclic amines) is 1. The molecular weight excluding hydrogens is 262 g/mol. The second-order valence-corrected chi connectivity index (χ2v) is 5.70. The van der Waals surface area contributed by atoms with Crippen LogP contribution in [0.1, 0.15) is 26.2 Å². The third-order valence-electron chi connectivity index (χ3n) is 3.39. The second-order valence-electron chi connectivity index (χ2n) is 5.17. The molecule has 1 saturated heterocycles. The van der Waals surface area contributed by atoms with Crippen LogP contribution in [0.4, 0.5) is 4.79 Å². The van der Waals surface area contributed by atoms with E-state index in [1.165, 1.54) is 6.42 Å². The molecule has 1 heterocycles. The molecule has 1 aliphatic heterocycles. The summed E-state index contributed by atoms with van der Waals surface area (Å²) < 4.78 is 5.06. The van der Waals surface area contributed by atoms with Crippen LogP contribution >= 0.6 is 12.2 Å². The average Bonchev–Trinajstić information content (AvgIpc) is 2.38. The molecule has 6 heteroatoms. The Kier molecular flexibility index (Phi) is 7.09. The highest BCUT2D eigenvalue weighted by molar-refractivity contribution is 7.80. The number of hydrogen-bond donors (Lipinski definition) is 1. The lowest BCUT2D eigenvalue weighted by atomic mass is 10.0. The van der Waals surface area contributed by atoms with Crippen LogP contribution < -0.4 is 5.73 Å². The molecule has 5 nitrogen and oxygen atoms in total. The highest BCUT2D eigenvalue weighted by Gasteiger charge is 2.25. The van der Waals surface area contributed by atoms with Gasteiger partial charge >= 0.3 is 6.03 Å². The number of thiocarbonyl (C=S) groups is 1. The van der Waals surface area contributed by atoms with E-state index in [1.54, 1.807) is 12.0 Å². The molecule has 1 unspecified atom stereocenters. The van der Waals surface area contributed by atoms with Crippen LogP contribution in [0, 0.1) is 5.92 Å². The molecule has 0 spiro atoms. The summed E-state index contributed by atoms with van der Waals surface area (Å²) in [4.78, 5) is 16.6. The Balaban J connectivity index is 2.55. The van der Waals surface area contributed by atoms with E-state index in [4.69, 9.17) is 22.7 Å². The minimum atomic E-state index is 0.0832. The van der Waals surface area contributed by atoms with E-state index in [0.717, 1.165) is 19.5 Å². The molecule has 0 saturated carbocycles. The number of nitrogens with zero attached hydrogens (tertiary/aromatic N) is 2. The number of amides is 2. The summed E-state index contributed by atoms with van der Waals surface area (Å²) in [7, 11) is 1.64. The van der Waals surface area contributed by atoms with Crippen molar-refractivity contribution in [2.45, 2.75) is 26.2 Å². The monoisotopic (exact) mass is 287 g/mol. The Labute approximate surface area is 121 Å². The fourth-order valence-electron chi connectivity index (χ4n) is 2.31. The predicted octanol–water partition coefficient (Wildman–Crippen LogP) is 1.46. The topological polar surface area (TPSA) is 58.8 Å². The zero-order valence-corrected chi connectivity index (χ0v) is 12.7. The van der Waals surface area contributed by atoms with Gasteiger partial charge in [-0.25, -0.2) is 4.79 Å². The molecular formula is C13H25N3O2S. The van der Waals surface area contributed by atoms with Crippen molar-refractivity contribution in [3.63, 3.8) is 0 Å². The molecule has 1 aliphatic rings. The Morgan fingerprint density at radius 1 is 1.53 bits per heavy atom. The first-order chi connectivity index (χ1) is 9.04. The molecule has 110 valence electrons. The molecule has 0 aromatic carbocycles. The van der Waals surface area contributed by atoms with Gasteiger partial charge in [-0.3, -0.25) is 0 Å². The van der Waals surface area contributed by atoms with Gasteiger partial charge in [0.15, 0.2) is 0 Å². The summed E-state index contributed by atoms with van der Waals surface area (Å²) >= 11 is 4.88. The largest absolute Gasteiger partial charge is 0.393 e. The number of piperidine rings is 1. The van der Waals surface area contributed by atoms with E-state index < -0.39 is 0 Å². The van der Waals surface area contributed by atoms with Crippen LogP contribution in [-0.2, 0) is 4.74 Å². The normalized spacial score (nSPS) is 19.3. The fourth-order valence-corrected chi connectivity index (χ4v) is 2.40. The van der Waals surface area contributed by atoms with Crippen molar-refractivity contribution in [3.8, 4) is 0 Å². The van der Waals surface area contributed by atoms with Gasteiger partial charge in [0.25, 0.3) is 0 Å². The minimum absolute atomic E-state index is 0.0832. The van der Waals surface area contributed by atoms with Crippen LogP contribution in [0.2, 0.25) is 0 Å². The Bertz CT molecular complexity index is 312. The Morgan fingerprint density at radius 3 is 2.84 bits per heavy atom. The summed E-state index contributed by atoms with van der Waals surface area (Å²) in [6.07, 6.45) is 2.85. The minimum Gasteiger partial charge on any atom is -0.393 e. The fraction of sp³-hybridized carbons (Fsp3) is 0.846. The van der Waals surface area contributed by atoms with E-state index in [2.05, 4.69) is 6.92 Å². The Hall–Kier alpha value is -0.880. The summed E-state index contributed by atoms with van der Waals surface area (Å²) in [5.41, 5.74) is 5.52. The maximum absolute atomic E-state index is 12.5. The lowest BCUT2D eigenvalue weighted by molar-refractivity contribution is 0.113. The molecule has 1 fully saturated rings. The van der Waals surface area contributed by atoms with Crippen molar-refractivity contribution >= 4 is 23.2 Å². The van der Waals surface area contributed by atoms with Crippen LogP contribution in [0.25, 0.3) is 0 Å². The standard InChI is InChI=1S/C13H25N3O2S/c1-11-4-3-6-16(10-11)13(17)15(8-9-18-2)7-5-12(14)19/h11H,3-10H2,1-2H3,(H2,14,19). The van der Waals surface area contributed by atoms with Gasteiger partial charge in [0.05, 0.1) is 11.6 Å². The van der Waals surface area contributed by atoms with Crippen molar-refractivity contribution in [2.75, 3.05) is 39.9 Å². The molecule has 19 heavy (non-hydrogen) atoms. The molecule has 0 bridgehead atoms. The Morgan fingerprint density at radius 2 is 2.26 bits per heavy atom. The maximum atomic E-state index is 12.5. The molecule has 2 amide bonds. The van der Waals surface area contributed by atoms with Crippen LogP contribution in [0.3, 0.4) is 0 Å². The summed E-state index contributed by atoms with van der Waals surface area (Å²) in [5, 5.41) is 0. The molecule has 0 aromatic heterocycles. The van der Waals surface area contributed by atoms with Gasteiger partial charge in [-0.15, -0.1) is 0 Å². The van der Waals surface area contributed by atoms with Crippen molar-refractivity contribution < 1.29 is 9.53 Å². The smallest absolute Gasteiger partial charge is 0.320 e. The third-order valence-corrected chi connectivity index (χ3v) is 3.60. The molecule has 1 rings (SSSR count). The van der Waals surface area contributed by atoms with Crippen LogP contribution in [0.15, 0.2) is 0 Å². The van der Waals surface area contributed by atoms with Crippen molar-refractivity contribution in [1.82, 2.24) is 9.80 Å². The summed E-state index contributed by atoms with van der Waals surface area (Å²) in [5.74, 6) is 0.581. The number of rotatable bonds is 6. The first kappa shape index (κ1) is 16.2. The number of ether oxygens (including phenoxy) is 1. The van der Waals surface area contributed by atoms with Crippen molar-refractivity contribution in [3.05, 3.63) is 0 Å². The van der Waals surface area contributed by atoms with Gasteiger partial charge < -0.3 is 20.3 Å². The van der Waals surface area contributed by atoms with Crippen LogP contribution in [0.5, 0.6) is 0 Å². The van der Waals surface area contributed by atoms with Crippen molar-refractivity contribution in [1.29, 1.82) is 0 Å². The molecule has 2 N–H and O–H groups in total. The number of hydrogen-bond acceptors (Lipinski definition) is 3. The van der Waals surface area contributed by atoms with Gasteiger partial charge in [-0.05, 0) is 18.8 Å². The zero-order chi connectivity index (χ0) is 14.3. The van der Waals surface area contributed by atoms with Gasteiger partial charge in [0.1, 0.15) is 0 Å². The highest BCUT2D eigenvalue weighted by atomic mass is 32.1. The number of methoxy groups -OCH3 is 1. The van der Waals surface area contributed by atoms with E-state index in [-0.39, 0.29) is 6.03 Å². The van der Waals surface area contributed by atoms with E-state index in [0.29, 0.717) is 37.0 Å². The number of urea groups is 1. The molecule has 0 radical (unpaired) electrons. The molecule has 0 aliphatic carbocycles. The lowest BCUT2D eigenvalue weighted by Crippen LogP contribution is -2.48. The predicted molar refractivity (Wildman–Crippen MR) is 80.2 cm³/mol. The second kappa shape index (κ2) is 8.32. The van der Waals surface area contributed by atoms with Crippen molar-refractivity contribution in [2.24, 2.45) is 11.7 Å². The number of nitrogens with two attached hydrogens (primary N) is 1. The van der Waals surface area contributed by atoms with Gasteiger partial charge in [-0.2, -0.15) is 0 Å². The lowest BCUT2D eigenvalue weighted by Gasteiger charge is -2.35. The van der Waals surface area contributed by atoms with Gasteiger partial charge in [-0.1, -0.05) is 19.1 Å². The average molecular weight is 287 g/mol. The van der Waals surface area contributed by atoms with E-state index in [1.807, 2.05) is 4.90 Å². The number of carbonyl (C=O) groups excluding carboxylic acids is 1. The molecule has 0 aromatic rings. The number of carbonyl (C=O) groups is 1. The highest BCUT2D eigenvalue weighted by Crippen LogP contribution is 2.17. The van der Waals surface area contributed by atoms with E-state index in [9.17, 15) is 4.79 Å². The van der Waals surface area contributed by atoms with Gasteiger partial charge in [0, 0.05) is 39.7 Å². The first-order valence-corrected chi connectivity index (χ1v) is 7.26. The maximum Gasteiger partial charge on any atom is 0.320 e. The quantitative estimate of drug-likeness (QED) is 0.752. The molecule has 1 atom stereocenters. The summed E-state index contributed by atoms with van der Waals surface area (Å²) in [6, 6.07) is 0.0832. The first-order valence-electron chi connectivity index (χ1n) is 6.85. The SMILES string of the molecule is COCCN(CCC(N)=S)C(=O)N1CCCC(C)C1. The van der Waals surface area contributed by atoms with Crippen LogP contribution in [-0.4, -0.2) is 60.7 Å². The zero-order valence-electron chi connectivity index (χ0n) is 11.9. The third kappa shape index (κ3) is 5.74. The van der Waals surface area contributed by atoms with E-state index >= 15 is 0 Å². The van der Waals surface area contributed by atoms with Gasteiger partial charge in [0.2, 0.25) is 0 Å². The summed E-state index contributed by atoms with van der Waals surface area (Å²) in [6.45, 7) is 5.57.